The molecule has 160 valence electrons. The van der Waals surface area contributed by atoms with Gasteiger partial charge in [-0.3, -0.25) is 15.1 Å². The number of piperazine rings is 1. The minimum atomic E-state index is -0.234. The van der Waals surface area contributed by atoms with Crippen molar-refractivity contribution in [1.82, 2.24) is 15.2 Å². The van der Waals surface area contributed by atoms with Crippen LogP contribution < -0.4 is 5.43 Å². The van der Waals surface area contributed by atoms with E-state index in [0.717, 1.165) is 28.0 Å². The number of rotatable bonds is 5. The lowest BCUT2D eigenvalue weighted by Gasteiger charge is -2.35. The van der Waals surface area contributed by atoms with Gasteiger partial charge in [0.25, 0.3) is 0 Å². The number of nitrogens with one attached hydrogen (secondary N) is 1. The molecule has 1 aliphatic rings. The van der Waals surface area contributed by atoms with Crippen LogP contribution in [0.2, 0.25) is 0 Å². The number of ether oxygens (including phenoxy) is 1. The molecule has 30 heavy (non-hydrogen) atoms. The normalized spacial score (nSPS) is 15.2. The predicted molar refractivity (Wildman–Crippen MR) is 127 cm³/mol. The third kappa shape index (κ3) is 5.57. The molecule has 0 atom stereocenters. The van der Waals surface area contributed by atoms with E-state index in [-0.39, 0.29) is 11.7 Å². The summed E-state index contributed by atoms with van der Waals surface area (Å²) in [5, 5.41) is 17.4. The molecule has 0 spiro atoms. The molecule has 1 aromatic heterocycles. The molecule has 3 rings (SSSR count). The summed E-state index contributed by atoms with van der Waals surface area (Å²) in [6.07, 6.45) is 0. The van der Waals surface area contributed by atoms with Crippen LogP contribution in [0.5, 0.6) is 5.75 Å². The molecule has 0 saturated carbocycles. The maximum absolute atomic E-state index is 11.4. The summed E-state index contributed by atoms with van der Waals surface area (Å²) in [5.74, 6) is -0.0184. The van der Waals surface area contributed by atoms with Gasteiger partial charge in [-0.25, -0.2) is 0 Å². The van der Waals surface area contributed by atoms with Crippen LogP contribution in [0.4, 0.5) is 0 Å². The molecule has 0 aliphatic carbocycles. The van der Waals surface area contributed by atoms with Crippen LogP contribution in [0, 0.1) is 0 Å². The van der Waals surface area contributed by atoms with Crippen molar-refractivity contribution >= 4 is 56.3 Å². The Bertz CT molecular complexity index is 938. The number of carbonyl (C=O) groups excluding carboxylic acids is 1. The highest BCUT2D eigenvalue weighted by atomic mass is 79.9. The molecule has 2 aromatic rings. The van der Waals surface area contributed by atoms with Crippen molar-refractivity contribution in [2.24, 2.45) is 5.10 Å². The van der Waals surface area contributed by atoms with E-state index in [9.17, 15) is 9.90 Å². The van der Waals surface area contributed by atoms with Gasteiger partial charge in [0.2, 0.25) is 0 Å². The van der Waals surface area contributed by atoms with Gasteiger partial charge in [-0.15, -0.1) is 11.3 Å². The number of hydrazone groups is 1. The maximum atomic E-state index is 11.4. The topological polar surface area (TPSA) is 77.4 Å². The van der Waals surface area contributed by atoms with Crippen LogP contribution in [-0.2, 0) is 9.53 Å². The van der Waals surface area contributed by atoms with E-state index in [4.69, 9.17) is 17.0 Å². The number of nitrogens with zero attached hydrogens (tertiary/aromatic N) is 3. The van der Waals surface area contributed by atoms with E-state index in [1.807, 2.05) is 46.4 Å². The fourth-order valence-electron chi connectivity index (χ4n) is 3.03. The zero-order valence-electron chi connectivity index (χ0n) is 16.7. The summed E-state index contributed by atoms with van der Waals surface area (Å²) < 4.78 is 5.70. The molecule has 1 aromatic carbocycles. The number of benzene rings is 1. The first-order valence-corrected chi connectivity index (χ1v) is 11.4. The maximum Gasteiger partial charge on any atom is 0.319 e. The molecule has 1 saturated heterocycles. The van der Waals surface area contributed by atoms with Crippen LogP contribution in [0.1, 0.15) is 12.5 Å². The van der Waals surface area contributed by atoms with Crippen molar-refractivity contribution in [2.75, 3.05) is 39.8 Å². The van der Waals surface area contributed by atoms with Crippen LogP contribution >= 0.6 is 39.5 Å². The lowest BCUT2D eigenvalue weighted by molar-refractivity contribution is -0.142. The highest BCUT2D eigenvalue weighted by Gasteiger charge is 2.21. The lowest BCUT2D eigenvalue weighted by atomic mass is 10.1. The van der Waals surface area contributed by atoms with Crippen molar-refractivity contribution in [3.8, 4) is 16.2 Å². The number of thiophene rings is 1. The van der Waals surface area contributed by atoms with Crippen molar-refractivity contribution in [3.05, 3.63) is 39.7 Å². The number of carbonyl (C=O) groups is 1. The monoisotopic (exact) mass is 510 g/mol. The average Bonchev–Trinajstić information content (AvgIpc) is 3.14. The Kier molecular flexibility index (Phi) is 7.81. The second-order valence-corrected chi connectivity index (χ2v) is 8.97. The van der Waals surface area contributed by atoms with Gasteiger partial charge in [0.1, 0.15) is 5.75 Å². The Labute approximate surface area is 193 Å². The number of halogens is 1. The molecule has 0 unspecified atom stereocenters. The first-order chi connectivity index (χ1) is 14.4. The fourth-order valence-corrected chi connectivity index (χ4v) is 4.54. The molecule has 2 heterocycles. The van der Waals surface area contributed by atoms with Gasteiger partial charge in [-0.1, -0.05) is 28.1 Å². The number of hydrogen-bond donors (Lipinski definition) is 2. The Balaban J connectivity index is 1.58. The molecule has 7 nitrogen and oxygen atoms in total. The average molecular weight is 511 g/mol. The summed E-state index contributed by atoms with van der Waals surface area (Å²) in [6.45, 7) is 4.98. The number of methoxy groups -OCH3 is 1. The van der Waals surface area contributed by atoms with Crippen LogP contribution in [0.3, 0.4) is 0 Å². The Morgan fingerprint density at radius 1 is 1.30 bits per heavy atom. The standard InChI is InChI=1S/C20H23BrN4O3S2/c1-13(16-12-30-19(18(16)27)14-3-5-15(21)6-4-14)22-23-20(29)25-9-7-24(8-10-25)11-17(26)28-2/h3-6,12,27H,7-11H2,1-2H3,(H,23,29)/b22-13-. The molecular weight excluding hydrogens is 488 g/mol. The summed E-state index contributed by atoms with van der Waals surface area (Å²) in [4.78, 5) is 16.2. The number of thiocarbonyl (C=S) groups is 1. The Morgan fingerprint density at radius 2 is 1.97 bits per heavy atom. The summed E-state index contributed by atoms with van der Waals surface area (Å²) in [6, 6.07) is 7.80. The summed E-state index contributed by atoms with van der Waals surface area (Å²) >= 11 is 10.3. The van der Waals surface area contributed by atoms with E-state index in [0.29, 0.717) is 36.0 Å². The highest BCUT2D eigenvalue weighted by Crippen LogP contribution is 2.39. The highest BCUT2D eigenvalue weighted by molar-refractivity contribution is 9.10. The van der Waals surface area contributed by atoms with E-state index in [2.05, 4.69) is 26.5 Å². The van der Waals surface area contributed by atoms with Gasteiger partial charge in [0.15, 0.2) is 5.11 Å². The molecule has 0 amide bonds. The zero-order valence-corrected chi connectivity index (χ0v) is 19.9. The lowest BCUT2D eigenvalue weighted by Crippen LogP contribution is -2.52. The van der Waals surface area contributed by atoms with Gasteiger partial charge in [0.05, 0.1) is 29.8 Å². The minimum absolute atomic E-state index is 0.215. The van der Waals surface area contributed by atoms with Gasteiger partial charge in [-0.05, 0) is 36.8 Å². The Hall–Kier alpha value is -2.01. The Morgan fingerprint density at radius 3 is 2.60 bits per heavy atom. The van der Waals surface area contributed by atoms with Crippen molar-refractivity contribution < 1.29 is 14.6 Å². The van der Waals surface area contributed by atoms with Gasteiger partial charge in [0, 0.05) is 36.0 Å². The smallest absolute Gasteiger partial charge is 0.319 e. The summed E-state index contributed by atoms with van der Waals surface area (Å²) in [7, 11) is 1.39. The molecule has 2 N–H and O–H groups in total. The third-order valence-electron chi connectivity index (χ3n) is 4.82. The number of hydrogen-bond acceptors (Lipinski definition) is 7. The third-order valence-corrected chi connectivity index (χ3v) is 6.72. The first kappa shape index (κ1) is 22.7. The number of esters is 1. The van der Waals surface area contributed by atoms with Crippen molar-refractivity contribution in [1.29, 1.82) is 0 Å². The quantitative estimate of drug-likeness (QED) is 0.276. The summed E-state index contributed by atoms with van der Waals surface area (Å²) in [5.41, 5.74) is 5.20. The second kappa shape index (κ2) is 10.3. The minimum Gasteiger partial charge on any atom is -0.506 e. The molecule has 0 radical (unpaired) electrons. The van der Waals surface area contributed by atoms with Gasteiger partial charge < -0.3 is 14.7 Å². The fraction of sp³-hybridized carbons (Fsp3) is 0.350. The second-order valence-electron chi connectivity index (χ2n) is 6.79. The first-order valence-electron chi connectivity index (χ1n) is 9.34. The molecule has 0 bridgehead atoms. The largest absolute Gasteiger partial charge is 0.506 e. The SMILES string of the molecule is COC(=O)CN1CCN(C(=S)N/N=C(/C)c2csc(-c3ccc(Br)cc3)c2O)CC1. The molecule has 10 heteroatoms. The van der Waals surface area contributed by atoms with Crippen LogP contribution in [0.25, 0.3) is 10.4 Å². The van der Waals surface area contributed by atoms with E-state index < -0.39 is 0 Å². The zero-order chi connectivity index (χ0) is 21.7. The van der Waals surface area contributed by atoms with E-state index in [1.54, 1.807) is 0 Å². The predicted octanol–water partition coefficient (Wildman–Crippen LogP) is 3.27. The molecule has 1 fully saturated rings. The van der Waals surface area contributed by atoms with E-state index in [1.165, 1.54) is 18.4 Å². The molecular formula is C20H23BrN4O3S2. The van der Waals surface area contributed by atoms with E-state index >= 15 is 0 Å². The van der Waals surface area contributed by atoms with Gasteiger partial charge >= 0.3 is 5.97 Å². The van der Waals surface area contributed by atoms with Crippen LogP contribution in [-0.4, -0.2) is 71.5 Å². The van der Waals surface area contributed by atoms with Gasteiger partial charge in [-0.2, -0.15) is 5.10 Å². The van der Waals surface area contributed by atoms with Crippen molar-refractivity contribution in [3.63, 3.8) is 0 Å². The van der Waals surface area contributed by atoms with Crippen molar-refractivity contribution in [2.45, 2.75) is 6.92 Å². The molecule has 1 aliphatic heterocycles. The van der Waals surface area contributed by atoms with Crippen LogP contribution in [0.15, 0.2) is 39.2 Å². The number of aromatic hydroxyl groups is 1.